The lowest BCUT2D eigenvalue weighted by Crippen LogP contribution is -2.27. The number of carbonyl (C=O) groups excluding carboxylic acids is 1. The zero-order valence-corrected chi connectivity index (χ0v) is 20.6. The van der Waals surface area contributed by atoms with Crippen LogP contribution in [0, 0.1) is 0 Å². The molecule has 0 radical (unpaired) electrons. The van der Waals surface area contributed by atoms with Crippen LogP contribution in [-0.4, -0.2) is 18.0 Å². The Hall–Kier alpha value is -3.18. The molecular weight excluding hydrogens is 476 g/mol. The van der Waals surface area contributed by atoms with Crippen molar-refractivity contribution in [3.63, 3.8) is 0 Å². The van der Waals surface area contributed by atoms with E-state index in [2.05, 4.69) is 52.4 Å². The van der Waals surface area contributed by atoms with Crippen LogP contribution in [0.15, 0.2) is 77.3 Å². The minimum atomic E-state index is -0.130. The van der Waals surface area contributed by atoms with Crippen molar-refractivity contribution in [1.29, 1.82) is 0 Å². The fraction of sp³-hybridized carbons (Fsp3) is 0.214. The van der Waals surface area contributed by atoms with Crippen LogP contribution in [-0.2, 0) is 6.42 Å². The van der Waals surface area contributed by atoms with Gasteiger partial charge in [-0.2, -0.15) is 0 Å². The van der Waals surface area contributed by atoms with E-state index in [0.29, 0.717) is 5.56 Å². The Morgan fingerprint density at radius 2 is 1.85 bits per heavy atom. The number of nitrogens with one attached hydrogen (secondary N) is 1. The number of aryl methyl sites for hydroxylation is 1. The number of hydrogen-bond acceptors (Lipinski definition) is 3. The summed E-state index contributed by atoms with van der Waals surface area (Å²) in [6, 6.07) is 23.7. The number of hydrogen-bond donors (Lipinski definition) is 1. The molecule has 4 aromatic rings. The summed E-state index contributed by atoms with van der Waals surface area (Å²) in [4.78, 5) is 18.3. The van der Waals surface area contributed by atoms with Gasteiger partial charge in [0.2, 0.25) is 0 Å². The SMILES string of the molecule is CCCc1ccc([C@H](C)NC(=O)c2cc(-c3cccc(OC)c3)nc3ccc(Br)cc23)cc1. The summed E-state index contributed by atoms with van der Waals surface area (Å²) in [6.07, 6.45) is 2.18. The highest BCUT2D eigenvalue weighted by Gasteiger charge is 2.17. The number of benzene rings is 3. The van der Waals surface area contributed by atoms with Gasteiger partial charge in [0, 0.05) is 15.4 Å². The zero-order chi connectivity index (χ0) is 23.4. The molecule has 4 nitrogen and oxygen atoms in total. The molecular formula is C28H27BrN2O2. The van der Waals surface area contributed by atoms with Crippen LogP contribution in [0.2, 0.25) is 0 Å². The average Bonchev–Trinajstić information content (AvgIpc) is 2.84. The third-order valence-electron chi connectivity index (χ3n) is 5.75. The summed E-state index contributed by atoms with van der Waals surface area (Å²) < 4.78 is 6.27. The Morgan fingerprint density at radius 3 is 2.58 bits per heavy atom. The maximum absolute atomic E-state index is 13.5. The van der Waals surface area contributed by atoms with E-state index < -0.39 is 0 Å². The fourth-order valence-corrected chi connectivity index (χ4v) is 4.30. The number of pyridine rings is 1. The van der Waals surface area contributed by atoms with Gasteiger partial charge >= 0.3 is 0 Å². The summed E-state index contributed by atoms with van der Waals surface area (Å²) in [6.45, 7) is 4.18. The minimum absolute atomic E-state index is 0.121. The number of aromatic nitrogens is 1. The van der Waals surface area contributed by atoms with Gasteiger partial charge in [0.1, 0.15) is 5.75 Å². The standard InChI is InChI=1S/C28H27BrN2O2/c1-4-6-19-9-11-20(12-10-19)18(2)30-28(32)25-17-27(21-7-5-8-23(15-21)33-3)31-26-14-13-22(29)16-24(25)26/h5,7-18H,4,6H2,1-3H3,(H,30,32)/t18-/m0/s1. The van der Waals surface area contributed by atoms with Gasteiger partial charge in [-0.1, -0.05) is 65.7 Å². The number of nitrogens with zero attached hydrogens (tertiary/aromatic N) is 1. The summed E-state index contributed by atoms with van der Waals surface area (Å²) in [5, 5.41) is 3.97. The van der Waals surface area contributed by atoms with Gasteiger partial charge in [-0.25, -0.2) is 4.98 Å². The van der Waals surface area contributed by atoms with E-state index in [1.54, 1.807) is 7.11 Å². The van der Waals surface area contributed by atoms with Crippen LogP contribution in [0.1, 0.15) is 47.8 Å². The van der Waals surface area contributed by atoms with Gasteiger partial charge < -0.3 is 10.1 Å². The second-order valence-electron chi connectivity index (χ2n) is 8.14. The van der Waals surface area contributed by atoms with Crippen LogP contribution < -0.4 is 10.1 Å². The molecule has 4 rings (SSSR count). The number of carbonyl (C=O) groups is 1. The number of methoxy groups -OCH3 is 1. The maximum atomic E-state index is 13.5. The Bertz CT molecular complexity index is 1290. The summed E-state index contributed by atoms with van der Waals surface area (Å²) >= 11 is 3.53. The normalized spacial score (nSPS) is 11.9. The van der Waals surface area contributed by atoms with Crippen molar-refractivity contribution in [2.75, 3.05) is 7.11 Å². The quantitative estimate of drug-likeness (QED) is 0.292. The molecule has 168 valence electrons. The first-order valence-electron chi connectivity index (χ1n) is 11.1. The molecule has 0 fully saturated rings. The van der Waals surface area contributed by atoms with Gasteiger partial charge in [0.05, 0.1) is 29.9 Å². The van der Waals surface area contributed by atoms with E-state index >= 15 is 0 Å². The first-order valence-corrected chi connectivity index (χ1v) is 11.9. The highest BCUT2D eigenvalue weighted by atomic mass is 79.9. The molecule has 1 aromatic heterocycles. The van der Waals surface area contributed by atoms with Crippen LogP contribution in [0.25, 0.3) is 22.2 Å². The molecule has 1 N–H and O–H groups in total. The summed E-state index contributed by atoms with van der Waals surface area (Å²) in [5.41, 5.74) is 5.37. The molecule has 0 saturated heterocycles. The molecule has 5 heteroatoms. The largest absolute Gasteiger partial charge is 0.497 e. The van der Waals surface area contributed by atoms with Gasteiger partial charge in [0.15, 0.2) is 0 Å². The van der Waals surface area contributed by atoms with Crippen LogP contribution >= 0.6 is 15.9 Å². The monoisotopic (exact) mass is 502 g/mol. The molecule has 1 atom stereocenters. The first-order chi connectivity index (χ1) is 16.0. The van der Waals surface area contributed by atoms with Gasteiger partial charge in [0.25, 0.3) is 5.91 Å². The lowest BCUT2D eigenvalue weighted by atomic mass is 10.0. The van der Waals surface area contributed by atoms with E-state index in [9.17, 15) is 4.79 Å². The third kappa shape index (κ3) is 5.25. The summed E-state index contributed by atoms with van der Waals surface area (Å²) in [5.74, 6) is 0.617. The van der Waals surface area contributed by atoms with Crippen LogP contribution in [0.4, 0.5) is 0 Å². The van der Waals surface area contributed by atoms with Gasteiger partial charge in [-0.3, -0.25) is 4.79 Å². The van der Waals surface area contributed by atoms with Crippen LogP contribution in [0.3, 0.4) is 0 Å². The fourth-order valence-electron chi connectivity index (χ4n) is 3.94. The molecule has 1 amide bonds. The van der Waals surface area contributed by atoms with Gasteiger partial charge in [-0.05, 0) is 60.9 Å². The molecule has 1 heterocycles. The predicted octanol–water partition coefficient (Wildman–Crippen LogP) is 7.12. The molecule has 0 unspecified atom stereocenters. The van der Waals surface area contributed by atoms with E-state index in [1.165, 1.54) is 5.56 Å². The molecule has 3 aromatic carbocycles. The first kappa shape index (κ1) is 23.0. The Kier molecular flexibility index (Phi) is 7.09. The third-order valence-corrected chi connectivity index (χ3v) is 6.24. The molecule has 0 aliphatic carbocycles. The van der Waals surface area contributed by atoms with Crippen LogP contribution in [0.5, 0.6) is 5.75 Å². The maximum Gasteiger partial charge on any atom is 0.252 e. The van der Waals surface area contributed by atoms with E-state index in [0.717, 1.165) is 50.8 Å². The Balaban J connectivity index is 1.70. The Labute approximate surface area is 203 Å². The highest BCUT2D eigenvalue weighted by molar-refractivity contribution is 9.10. The number of ether oxygens (including phenoxy) is 1. The molecule has 0 spiro atoms. The zero-order valence-electron chi connectivity index (χ0n) is 19.1. The smallest absolute Gasteiger partial charge is 0.252 e. The molecule has 0 aliphatic heterocycles. The average molecular weight is 503 g/mol. The van der Waals surface area contributed by atoms with E-state index in [1.807, 2.05) is 55.5 Å². The number of rotatable bonds is 7. The van der Waals surface area contributed by atoms with Crippen molar-refractivity contribution in [1.82, 2.24) is 10.3 Å². The Morgan fingerprint density at radius 1 is 1.06 bits per heavy atom. The van der Waals surface area contributed by atoms with Gasteiger partial charge in [-0.15, -0.1) is 0 Å². The van der Waals surface area contributed by atoms with Crippen molar-refractivity contribution in [3.05, 3.63) is 94.0 Å². The molecule has 0 saturated carbocycles. The topological polar surface area (TPSA) is 51.2 Å². The number of fused-ring (bicyclic) bond motifs is 1. The minimum Gasteiger partial charge on any atom is -0.497 e. The van der Waals surface area contributed by atoms with E-state index in [-0.39, 0.29) is 11.9 Å². The second-order valence-corrected chi connectivity index (χ2v) is 9.05. The van der Waals surface area contributed by atoms with E-state index in [4.69, 9.17) is 9.72 Å². The van der Waals surface area contributed by atoms with Crippen molar-refractivity contribution >= 4 is 32.7 Å². The highest BCUT2D eigenvalue weighted by Crippen LogP contribution is 2.29. The molecule has 0 bridgehead atoms. The summed E-state index contributed by atoms with van der Waals surface area (Å²) in [7, 11) is 1.64. The van der Waals surface area contributed by atoms with Crippen molar-refractivity contribution < 1.29 is 9.53 Å². The lowest BCUT2D eigenvalue weighted by molar-refractivity contribution is 0.0941. The lowest BCUT2D eigenvalue weighted by Gasteiger charge is -2.17. The predicted molar refractivity (Wildman–Crippen MR) is 138 cm³/mol. The number of amides is 1. The van der Waals surface area contributed by atoms with Crippen molar-refractivity contribution in [2.45, 2.75) is 32.7 Å². The van der Waals surface area contributed by atoms with Crippen molar-refractivity contribution in [2.24, 2.45) is 0 Å². The molecule has 33 heavy (non-hydrogen) atoms. The van der Waals surface area contributed by atoms with Crippen molar-refractivity contribution in [3.8, 4) is 17.0 Å². The molecule has 0 aliphatic rings. The number of halogens is 1. The second kappa shape index (κ2) is 10.2.